The Morgan fingerprint density at radius 3 is 2.35 bits per heavy atom. The Hall–Kier alpha value is -1.33. The summed E-state index contributed by atoms with van der Waals surface area (Å²) in [6.07, 6.45) is 0. The average molecular weight is 344 g/mol. The van der Waals surface area contributed by atoms with Gasteiger partial charge in [0, 0.05) is 10.0 Å². The summed E-state index contributed by atoms with van der Waals surface area (Å²) in [5.41, 5.74) is 1.80. The Bertz CT molecular complexity index is 643. The molecule has 0 heterocycles. The maximum absolute atomic E-state index is 14.0. The smallest absolute Gasteiger partial charge is 0.194 e. The third kappa shape index (κ3) is 2.74. The summed E-state index contributed by atoms with van der Waals surface area (Å²) in [5, 5.41) is 2.94. The van der Waals surface area contributed by atoms with Crippen LogP contribution in [0.5, 0.6) is 0 Å². The molecular weight excluding hydrogens is 331 g/mol. The third-order valence-corrected chi connectivity index (χ3v) is 3.71. The Morgan fingerprint density at radius 1 is 1.00 bits per heavy atom. The van der Waals surface area contributed by atoms with Crippen LogP contribution in [0.3, 0.4) is 0 Å². The molecule has 106 valence electrons. The predicted octanol–water partition coefficient (Wildman–Crippen LogP) is 4.48. The highest BCUT2D eigenvalue weighted by molar-refractivity contribution is 9.10. The van der Waals surface area contributed by atoms with Gasteiger partial charge in [0.2, 0.25) is 0 Å². The molecule has 0 amide bonds. The fourth-order valence-corrected chi connectivity index (χ4v) is 2.54. The van der Waals surface area contributed by atoms with Crippen LogP contribution in [0.15, 0.2) is 34.8 Å². The molecule has 0 radical (unpaired) electrons. The monoisotopic (exact) mass is 343 g/mol. The topological polar surface area (TPSA) is 12.0 Å². The number of benzene rings is 2. The standard InChI is InChI=1S/C15H13BrF3N/c1-8-3-4-9(16)7-11(8)15(20-2)10-5-6-12(17)14(19)13(10)18/h3-7,15,20H,1-2H3. The molecule has 0 aromatic heterocycles. The van der Waals surface area contributed by atoms with Gasteiger partial charge in [0.1, 0.15) is 0 Å². The van der Waals surface area contributed by atoms with Crippen molar-refractivity contribution in [2.45, 2.75) is 13.0 Å². The summed E-state index contributed by atoms with van der Waals surface area (Å²) in [7, 11) is 1.64. The zero-order valence-electron chi connectivity index (χ0n) is 11.0. The molecule has 0 aliphatic rings. The van der Waals surface area contributed by atoms with Crippen molar-refractivity contribution < 1.29 is 13.2 Å². The summed E-state index contributed by atoms with van der Waals surface area (Å²) < 4.78 is 41.2. The van der Waals surface area contributed by atoms with Crippen molar-refractivity contribution in [1.29, 1.82) is 0 Å². The zero-order valence-corrected chi connectivity index (χ0v) is 12.6. The van der Waals surface area contributed by atoms with Gasteiger partial charge in [-0.25, -0.2) is 13.2 Å². The molecule has 1 atom stereocenters. The van der Waals surface area contributed by atoms with E-state index in [9.17, 15) is 13.2 Å². The third-order valence-electron chi connectivity index (χ3n) is 3.22. The number of nitrogens with one attached hydrogen (secondary N) is 1. The number of halogens is 4. The number of hydrogen-bond donors (Lipinski definition) is 1. The van der Waals surface area contributed by atoms with Crippen molar-refractivity contribution >= 4 is 15.9 Å². The first-order chi connectivity index (χ1) is 9.45. The molecule has 1 unspecified atom stereocenters. The molecule has 0 saturated carbocycles. The SMILES string of the molecule is CNC(c1cc(Br)ccc1C)c1ccc(F)c(F)c1F. The molecule has 2 rings (SSSR count). The van der Waals surface area contributed by atoms with Gasteiger partial charge in [0.25, 0.3) is 0 Å². The Balaban J connectivity index is 2.58. The lowest BCUT2D eigenvalue weighted by Crippen LogP contribution is -2.20. The van der Waals surface area contributed by atoms with Crippen molar-refractivity contribution in [3.8, 4) is 0 Å². The van der Waals surface area contributed by atoms with Crippen LogP contribution in [-0.2, 0) is 0 Å². The molecule has 2 aromatic carbocycles. The maximum Gasteiger partial charge on any atom is 0.194 e. The minimum absolute atomic E-state index is 0.0765. The van der Waals surface area contributed by atoms with Gasteiger partial charge in [-0.15, -0.1) is 0 Å². The van der Waals surface area contributed by atoms with E-state index in [4.69, 9.17) is 0 Å². The van der Waals surface area contributed by atoms with Gasteiger partial charge in [-0.2, -0.15) is 0 Å². The lowest BCUT2D eigenvalue weighted by atomic mass is 9.94. The van der Waals surface area contributed by atoms with Gasteiger partial charge in [0.15, 0.2) is 17.5 Å². The highest BCUT2D eigenvalue weighted by Crippen LogP contribution is 2.30. The van der Waals surface area contributed by atoms with Gasteiger partial charge in [0.05, 0.1) is 6.04 Å². The molecule has 2 aromatic rings. The minimum atomic E-state index is -1.45. The zero-order chi connectivity index (χ0) is 14.9. The van der Waals surface area contributed by atoms with Crippen molar-refractivity contribution in [2.75, 3.05) is 7.05 Å². The quantitative estimate of drug-likeness (QED) is 0.810. The van der Waals surface area contributed by atoms with Crippen molar-refractivity contribution in [1.82, 2.24) is 5.32 Å². The van der Waals surface area contributed by atoms with Crippen LogP contribution in [0.2, 0.25) is 0 Å². The van der Waals surface area contributed by atoms with E-state index < -0.39 is 23.5 Å². The van der Waals surface area contributed by atoms with Crippen LogP contribution in [0, 0.1) is 24.4 Å². The van der Waals surface area contributed by atoms with Gasteiger partial charge in [-0.1, -0.05) is 28.1 Å². The molecule has 0 spiro atoms. The van der Waals surface area contributed by atoms with Gasteiger partial charge in [-0.05, 0) is 43.3 Å². The summed E-state index contributed by atoms with van der Waals surface area (Å²) in [6.45, 7) is 1.88. The second-order valence-electron chi connectivity index (χ2n) is 4.49. The molecule has 0 saturated heterocycles. The lowest BCUT2D eigenvalue weighted by molar-refractivity contribution is 0.435. The fourth-order valence-electron chi connectivity index (χ4n) is 2.16. The highest BCUT2D eigenvalue weighted by atomic mass is 79.9. The molecule has 0 aliphatic heterocycles. The Morgan fingerprint density at radius 2 is 1.70 bits per heavy atom. The van der Waals surface area contributed by atoms with Crippen LogP contribution >= 0.6 is 15.9 Å². The van der Waals surface area contributed by atoms with E-state index >= 15 is 0 Å². The fraction of sp³-hybridized carbons (Fsp3) is 0.200. The number of aryl methyl sites for hydroxylation is 1. The minimum Gasteiger partial charge on any atom is -0.309 e. The Kier molecular flexibility index (Phi) is 4.50. The summed E-state index contributed by atoms with van der Waals surface area (Å²) in [5.74, 6) is -3.80. The van der Waals surface area contributed by atoms with Gasteiger partial charge < -0.3 is 5.32 Å². The molecular formula is C15H13BrF3N. The average Bonchev–Trinajstić information content (AvgIpc) is 2.43. The van der Waals surface area contributed by atoms with E-state index in [1.54, 1.807) is 7.05 Å². The second kappa shape index (κ2) is 5.97. The first kappa shape index (κ1) is 15.1. The van der Waals surface area contributed by atoms with Gasteiger partial charge >= 0.3 is 0 Å². The van der Waals surface area contributed by atoms with Crippen molar-refractivity contribution in [2.24, 2.45) is 0 Å². The van der Waals surface area contributed by atoms with Crippen LogP contribution in [0.1, 0.15) is 22.7 Å². The summed E-state index contributed by atoms with van der Waals surface area (Å²) >= 11 is 3.36. The Labute approximate surface area is 123 Å². The lowest BCUT2D eigenvalue weighted by Gasteiger charge is -2.20. The first-order valence-corrected chi connectivity index (χ1v) is 6.81. The van der Waals surface area contributed by atoms with Crippen molar-refractivity contribution in [3.05, 3.63) is 68.9 Å². The van der Waals surface area contributed by atoms with E-state index in [1.807, 2.05) is 25.1 Å². The predicted molar refractivity (Wildman–Crippen MR) is 76.1 cm³/mol. The molecule has 0 bridgehead atoms. The van der Waals surface area contributed by atoms with E-state index in [1.165, 1.54) is 6.07 Å². The van der Waals surface area contributed by atoms with E-state index in [2.05, 4.69) is 21.2 Å². The summed E-state index contributed by atoms with van der Waals surface area (Å²) in [4.78, 5) is 0. The van der Waals surface area contributed by atoms with Crippen LogP contribution < -0.4 is 5.32 Å². The molecule has 20 heavy (non-hydrogen) atoms. The maximum atomic E-state index is 14.0. The molecule has 0 aliphatic carbocycles. The van der Waals surface area contributed by atoms with Crippen molar-refractivity contribution in [3.63, 3.8) is 0 Å². The van der Waals surface area contributed by atoms with Crippen LogP contribution in [0.25, 0.3) is 0 Å². The second-order valence-corrected chi connectivity index (χ2v) is 5.40. The molecule has 5 heteroatoms. The largest absolute Gasteiger partial charge is 0.309 e. The molecule has 0 fully saturated rings. The normalized spacial score (nSPS) is 12.5. The number of hydrogen-bond acceptors (Lipinski definition) is 1. The van der Waals surface area contributed by atoms with Crippen LogP contribution in [-0.4, -0.2) is 7.05 Å². The van der Waals surface area contributed by atoms with Gasteiger partial charge in [-0.3, -0.25) is 0 Å². The summed E-state index contributed by atoms with van der Waals surface area (Å²) in [6, 6.07) is 7.22. The highest BCUT2D eigenvalue weighted by Gasteiger charge is 2.22. The molecule has 1 N–H and O–H groups in total. The van der Waals surface area contributed by atoms with E-state index in [0.29, 0.717) is 0 Å². The van der Waals surface area contributed by atoms with E-state index in [-0.39, 0.29) is 5.56 Å². The molecule has 1 nitrogen and oxygen atoms in total. The van der Waals surface area contributed by atoms with E-state index in [0.717, 1.165) is 21.7 Å². The number of rotatable bonds is 3. The first-order valence-electron chi connectivity index (χ1n) is 6.02. The van der Waals surface area contributed by atoms with Crippen LogP contribution in [0.4, 0.5) is 13.2 Å².